The van der Waals surface area contributed by atoms with Crippen molar-refractivity contribution in [3.05, 3.63) is 48.4 Å². The summed E-state index contributed by atoms with van der Waals surface area (Å²) in [5, 5.41) is 0. The number of rotatable bonds is 4. The first kappa shape index (κ1) is 12.6. The molecule has 18 heavy (non-hydrogen) atoms. The highest BCUT2D eigenvalue weighted by Crippen LogP contribution is 2.29. The lowest BCUT2D eigenvalue weighted by Gasteiger charge is -2.20. The second kappa shape index (κ2) is 5.22. The van der Waals surface area contributed by atoms with Crippen LogP contribution in [0.1, 0.15) is 5.56 Å². The minimum atomic E-state index is -1.62. The Hall–Kier alpha value is -1.81. The van der Waals surface area contributed by atoms with E-state index in [1.165, 1.54) is 0 Å². The van der Waals surface area contributed by atoms with E-state index in [9.17, 15) is 0 Å². The van der Waals surface area contributed by atoms with E-state index in [0.717, 1.165) is 17.0 Å². The predicted octanol–water partition coefficient (Wildman–Crippen LogP) is 4.24. The molecule has 0 aliphatic heterocycles. The first-order chi connectivity index (χ1) is 8.54. The number of nitrogens with zero attached hydrogens (tertiary/aromatic N) is 1. The summed E-state index contributed by atoms with van der Waals surface area (Å²) in [6, 6.07) is 9.70. The monoisotopic (exact) mass is 259 g/mol. The Bertz CT molecular complexity index is 527. The zero-order chi connectivity index (χ0) is 13.0. The molecule has 1 aromatic carbocycles. The summed E-state index contributed by atoms with van der Waals surface area (Å²) in [7, 11) is -1.62. The van der Waals surface area contributed by atoms with Crippen LogP contribution in [-0.4, -0.2) is 14.5 Å². The molecule has 0 N–H and O–H groups in total. The average Bonchev–Trinajstić information content (AvgIpc) is 2.79. The number of aliphatic imine (C=N–C) groups is 1. The highest BCUT2D eigenvalue weighted by molar-refractivity contribution is 6.70. The highest BCUT2D eigenvalue weighted by atomic mass is 28.4. The van der Waals surface area contributed by atoms with Crippen LogP contribution < -0.4 is 4.43 Å². The van der Waals surface area contributed by atoms with Gasteiger partial charge in [0.25, 0.3) is 0 Å². The van der Waals surface area contributed by atoms with Crippen molar-refractivity contribution in [3.8, 4) is 5.75 Å². The van der Waals surface area contributed by atoms with Crippen LogP contribution in [0, 0.1) is 0 Å². The largest absolute Gasteiger partial charge is 0.543 e. The number of hydrogen-bond donors (Lipinski definition) is 0. The maximum absolute atomic E-state index is 6.00. The van der Waals surface area contributed by atoms with Gasteiger partial charge in [0.2, 0.25) is 8.32 Å². The van der Waals surface area contributed by atoms with Crippen LogP contribution >= 0.6 is 0 Å². The van der Waals surface area contributed by atoms with Gasteiger partial charge in [0.15, 0.2) is 0 Å². The van der Waals surface area contributed by atoms with Gasteiger partial charge in [-0.3, -0.25) is 4.99 Å². The molecule has 0 atom stereocenters. The summed E-state index contributed by atoms with van der Waals surface area (Å²) in [5.74, 6) is 0.844. The van der Waals surface area contributed by atoms with Crippen LogP contribution in [0.2, 0.25) is 19.6 Å². The van der Waals surface area contributed by atoms with Crippen molar-refractivity contribution in [1.82, 2.24) is 0 Å². The lowest BCUT2D eigenvalue weighted by Crippen LogP contribution is -2.29. The number of benzene rings is 1. The van der Waals surface area contributed by atoms with Gasteiger partial charge in [0, 0.05) is 11.8 Å². The van der Waals surface area contributed by atoms with Gasteiger partial charge >= 0.3 is 0 Å². The van der Waals surface area contributed by atoms with E-state index < -0.39 is 8.32 Å². The third kappa shape index (κ3) is 3.60. The van der Waals surface area contributed by atoms with E-state index in [4.69, 9.17) is 8.84 Å². The molecule has 0 bridgehead atoms. The van der Waals surface area contributed by atoms with Crippen LogP contribution in [0.4, 0.5) is 5.69 Å². The standard InChI is InChI=1S/C14H17NO2Si/c1-18(2,3)17-14-7-5-4-6-13(14)15-10-12-8-9-16-11-12/h4-11H,1-3H3/b15-10+. The van der Waals surface area contributed by atoms with E-state index in [2.05, 4.69) is 24.6 Å². The van der Waals surface area contributed by atoms with Crippen molar-refractivity contribution in [2.45, 2.75) is 19.6 Å². The van der Waals surface area contributed by atoms with E-state index >= 15 is 0 Å². The summed E-state index contributed by atoms with van der Waals surface area (Å²) in [6.45, 7) is 6.47. The lowest BCUT2D eigenvalue weighted by molar-refractivity contribution is 0.559. The van der Waals surface area contributed by atoms with Crippen molar-refractivity contribution < 1.29 is 8.84 Å². The van der Waals surface area contributed by atoms with Gasteiger partial charge in [0.1, 0.15) is 11.4 Å². The van der Waals surface area contributed by atoms with Crippen molar-refractivity contribution in [2.24, 2.45) is 4.99 Å². The second-order valence-corrected chi connectivity index (χ2v) is 9.43. The first-order valence-electron chi connectivity index (χ1n) is 5.89. The summed E-state index contributed by atoms with van der Waals surface area (Å²) >= 11 is 0. The number of para-hydroxylation sites is 2. The summed E-state index contributed by atoms with van der Waals surface area (Å²) in [5.41, 5.74) is 1.79. The molecule has 2 rings (SSSR count). The molecule has 0 amide bonds. The fraction of sp³-hybridized carbons (Fsp3) is 0.214. The zero-order valence-corrected chi connectivity index (χ0v) is 11.9. The van der Waals surface area contributed by atoms with Crippen LogP contribution in [0.3, 0.4) is 0 Å². The Labute approximate surface area is 108 Å². The Morgan fingerprint density at radius 3 is 2.61 bits per heavy atom. The van der Waals surface area contributed by atoms with Crippen LogP contribution in [-0.2, 0) is 0 Å². The van der Waals surface area contributed by atoms with Gasteiger partial charge in [0.05, 0.1) is 12.5 Å². The third-order valence-corrected chi connectivity index (χ3v) is 3.01. The van der Waals surface area contributed by atoms with Gasteiger partial charge in [-0.25, -0.2) is 0 Å². The minimum absolute atomic E-state index is 0.844. The molecule has 4 heteroatoms. The molecule has 1 heterocycles. The normalized spacial score (nSPS) is 11.9. The molecule has 0 saturated heterocycles. The Morgan fingerprint density at radius 2 is 1.94 bits per heavy atom. The van der Waals surface area contributed by atoms with E-state index in [1.54, 1.807) is 18.7 Å². The summed E-state index contributed by atoms with van der Waals surface area (Å²) in [4.78, 5) is 4.45. The summed E-state index contributed by atoms with van der Waals surface area (Å²) in [6.07, 6.45) is 5.06. The van der Waals surface area contributed by atoms with E-state index in [0.29, 0.717) is 0 Å². The lowest BCUT2D eigenvalue weighted by atomic mass is 10.3. The fourth-order valence-corrected chi connectivity index (χ4v) is 2.30. The Kier molecular flexibility index (Phi) is 3.67. The molecule has 0 radical (unpaired) electrons. The molecule has 1 aromatic heterocycles. The molecule has 0 unspecified atom stereocenters. The van der Waals surface area contributed by atoms with E-state index in [-0.39, 0.29) is 0 Å². The molecule has 0 spiro atoms. The fourth-order valence-electron chi connectivity index (χ4n) is 1.47. The first-order valence-corrected chi connectivity index (χ1v) is 9.30. The molecular weight excluding hydrogens is 242 g/mol. The van der Waals surface area contributed by atoms with E-state index in [1.807, 2.05) is 30.3 Å². The Balaban J connectivity index is 2.22. The average molecular weight is 259 g/mol. The molecule has 0 saturated carbocycles. The van der Waals surface area contributed by atoms with Gasteiger partial charge in [-0.05, 0) is 37.8 Å². The van der Waals surface area contributed by atoms with Gasteiger partial charge in [-0.1, -0.05) is 12.1 Å². The SMILES string of the molecule is C[Si](C)(C)Oc1ccccc1/N=C/c1ccoc1. The molecule has 0 aliphatic rings. The van der Waals surface area contributed by atoms with Crippen molar-refractivity contribution in [3.63, 3.8) is 0 Å². The van der Waals surface area contributed by atoms with Crippen LogP contribution in [0.25, 0.3) is 0 Å². The van der Waals surface area contributed by atoms with Gasteiger partial charge < -0.3 is 8.84 Å². The third-order valence-electron chi connectivity index (χ3n) is 2.18. The van der Waals surface area contributed by atoms with Crippen LogP contribution in [0.15, 0.2) is 52.3 Å². The minimum Gasteiger partial charge on any atom is -0.543 e. The van der Waals surface area contributed by atoms with Crippen LogP contribution in [0.5, 0.6) is 5.75 Å². The molecule has 2 aromatic rings. The quantitative estimate of drug-likeness (QED) is 0.608. The molecule has 0 fully saturated rings. The molecular formula is C14H17NO2Si. The van der Waals surface area contributed by atoms with Gasteiger partial charge in [-0.15, -0.1) is 0 Å². The summed E-state index contributed by atoms with van der Waals surface area (Å²) < 4.78 is 11.0. The second-order valence-electron chi connectivity index (χ2n) is 5.00. The topological polar surface area (TPSA) is 34.7 Å². The number of furan rings is 1. The van der Waals surface area contributed by atoms with Crippen molar-refractivity contribution >= 4 is 20.2 Å². The number of hydrogen-bond acceptors (Lipinski definition) is 3. The molecule has 0 aliphatic carbocycles. The molecule has 3 nitrogen and oxygen atoms in total. The van der Waals surface area contributed by atoms with Crippen molar-refractivity contribution in [1.29, 1.82) is 0 Å². The smallest absolute Gasteiger partial charge is 0.242 e. The molecule has 94 valence electrons. The highest BCUT2D eigenvalue weighted by Gasteiger charge is 2.17. The maximum atomic E-state index is 6.00. The zero-order valence-electron chi connectivity index (χ0n) is 10.9. The maximum Gasteiger partial charge on any atom is 0.242 e. The van der Waals surface area contributed by atoms with Gasteiger partial charge in [-0.2, -0.15) is 0 Å². The Morgan fingerprint density at radius 1 is 1.17 bits per heavy atom. The van der Waals surface area contributed by atoms with Crippen molar-refractivity contribution in [2.75, 3.05) is 0 Å². The predicted molar refractivity (Wildman–Crippen MR) is 76.4 cm³/mol.